The maximum absolute atomic E-state index is 6.39. The number of hydrogen-bond donors (Lipinski definition) is 0. The van der Waals surface area contributed by atoms with Crippen molar-refractivity contribution in [1.29, 1.82) is 0 Å². The van der Waals surface area contributed by atoms with Crippen molar-refractivity contribution in [3.63, 3.8) is 0 Å². The molecule has 7 rings (SSSR count). The van der Waals surface area contributed by atoms with Gasteiger partial charge in [-0.05, 0) is 72.7 Å². The van der Waals surface area contributed by atoms with E-state index in [0.29, 0.717) is 11.5 Å². The molecule has 3 aromatic heterocycles. The SMILES string of the molecule is Cc1ccc(C)c(-[n+]2[c-]n(-c3[c-]c(Oc4[c-]c5c(cc4)c4ccccc4n5-c4cc(C(C)(C)C)ccn4)ccc3)cc2C)c1.[Pt]. The summed E-state index contributed by atoms with van der Waals surface area (Å²) in [5, 5.41) is 2.25. The number of nitrogens with zero attached hydrogens (tertiary/aromatic N) is 4. The third kappa shape index (κ3) is 5.73. The van der Waals surface area contributed by atoms with Crippen molar-refractivity contribution in [3.05, 3.63) is 138 Å². The number of pyridine rings is 1. The van der Waals surface area contributed by atoms with E-state index in [2.05, 4.69) is 136 Å². The number of aryl methyl sites for hydroxylation is 3. The van der Waals surface area contributed by atoms with Gasteiger partial charge in [0.1, 0.15) is 5.82 Å². The number of benzene rings is 4. The first-order chi connectivity index (χ1) is 21.2. The normalized spacial score (nSPS) is 11.6. The first-order valence-corrected chi connectivity index (χ1v) is 14.9. The third-order valence-electron chi connectivity index (χ3n) is 8.11. The molecule has 0 saturated heterocycles. The second-order valence-electron chi connectivity index (χ2n) is 12.5. The first kappa shape index (κ1) is 30.6. The van der Waals surface area contributed by atoms with Crippen LogP contribution in [0.2, 0.25) is 0 Å². The Balaban J connectivity index is 0.00000357. The molecule has 0 radical (unpaired) electrons. The Labute approximate surface area is 279 Å². The molecule has 6 heteroatoms. The Morgan fingerprint density at radius 3 is 2.42 bits per heavy atom. The van der Waals surface area contributed by atoms with Gasteiger partial charge in [0.25, 0.3) is 6.33 Å². The zero-order valence-corrected chi connectivity index (χ0v) is 28.5. The van der Waals surface area contributed by atoms with Crippen molar-refractivity contribution in [3.8, 4) is 28.7 Å². The number of para-hydroxylation sites is 1. The molecule has 5 nitrogen and oxygen atoms in total. The molecule has 0 aliphatic carbocycles. The van der Waals surface area contributed by atoms with Crippen molar-refractivity contribution in [1.82, 2.24) is 14.1 Å². The summed E-state index contributed by atoms with van der Waals surface area (Å²) in [5.41, 5.74) is 8.68. The van der Waals surface area contributed by atoms with E-state index in [1.54, 1.807) is 0 Å². The Morgan fingerprint density at radius 2 is 1.60 bits per heavy atom. The zero-order valence-electron chi connectivity index (χ0n) is 26.3. The van der Waals surface area contributed by atoms with Crippen molar-refractivity contribution >= 4 is 21.8 Å². The standard InChI is InChI=1S/C39H34N4O.Pt/c1-26-14-15-27(2)36(20-26)42-25-41(24-28(42)3)30-10-9-11-31(22-30)44-32-16-17-34-33-12-7-8-13-35(33)43(37(34)23-32)38-21-29(18-19-40-38)39(4,5)6;/h7-21,24H,1-6H3;/q-2;. The molecular formula is C39H34N4OPt-2. The van der Waals surface area contributed by atoms with Gasteiger partial charge in [0.2, 0.25) is 0 Å². The average Bonchev–Trinajstić information content (AvgIpc) is 3.55. The minimum absolute atomic E-state index is 0. The Kier molecular flexibility index (Phi) is 8.01. The molecule has 0 aliphatic rings. The Morgan fingerprint density at radius 1 is 0.800 bits per heavy atom. The zero-order chi connectivity index (χ0) is 30.6. The summed E-state index contributed by atoms with van der Waals surface area (Å²) in [6, 6.07) is 36.1. The fourth-order valence-electron chi connectivity index (χ4n) is 5.72. The molecule has 0 aliphatic heterocycles. The van der Waals surface area contributed by atoms with Crippen LogP contribution in [0.3, 0.4) is 0 Å². The molecule has 3 heterocycles. The Bertz CT molecular complexity index is 2180. The van der Waals surface area contributed by atoms with E-state index in [-0.39, 0.29) is 26.5 Å². The molecule has 0 amide bonds. The van der Waals surface area contributed by atoms with E-state index in [4.69, 9.17) is 9.72 Å². The number of fused-ring (bicyclic) bond motifs is 3. The molecule has 0 atom stereocenters. The van der Waals surface area contributed by atoms with E-state index in [9.17, 15) is 0 Å². The summed E-state index contributed by atoms with van der Waals surface area (Å²) in [6.45, 7) is 13.0. The van der Waals surface area contributed by atoms with Crippen LogP contribution in [0.4, 0.5) is 0 Å². The number of aromatic nitrogens is 4. The second kappa shape index (κ2) is 11.8. The molecule has 0 fully saturated rings. The largest absolute Gasteiger partial charge is 0.510 e. The molecule has 0 spiro atoms. The molecule has 0 N–H and O–H groups in total. The van der Waals surface area contributed by atoms with Crippen LogP contribution in [0.1, 0.15) is 43.2 Å². The second-order valence-corrected chi connectivity index (χ2v) is 12.5. The van der Waals surface area contributed by atoms with Gasteiger partial charge in [-0.25, -0.2) is 4.98 Å². The minimum Gasteiger partial charge on any atom is -0.510 e. The predicted molar refractivity (Wildman–Crippen MR) is 175 cm³/mol. The van der Waals surface area contributed by atoms with E-state index < -0.39 is 0 Å². The monoisotopic (exact) mass is 769 g/mol. The first-order valence-electron chi connectivity index (χ1n) is 14.9. The molecule has 0 saturated carbocycles. The summed E-state index contributed by atoms with van der Waals surface area (Å²) in [6.07, 6.45) is 7.43. The topological polar surface area (TPSA) is 35.9 Å². The predicted octanol–water partition coefficient (Wildman–Crippen LogP) is 8.66. The van der Waals surface area contributed by atoms with Crippen LogP contribution in [0.5, 0.6) is 11.5 Å². The van der Waals surface area contributed by atoms with E-state index >= 15 is 0 Å². The van der Waals surface area contributed by atoms with E-state index in [1.807, 2.05) is 35.0 Å². The van der Waals surface area contributed by atoms with Gasteiger partial charge in [-0.1, -0.05) is 62.2 Å². The fourth-order valence-corrected chi connectivity index (χ4v) is 5.72. The van der Waals surface area contributed by atoms with Crippen molar-refractivity contribution in [2.75, 3.05) is 0 Å². The maximum atomic E-state index is 6.39. The van der Waals surface area contributed by atoms with E-state index in [0.717, 1.165) is 44.7 Å². The van der Waals surface area contributed by atoms with Gasteiger partial charge in [0.05, 0.1) is 5.69 Å². The summed E-state index contributed by atoms with van der Waals surface area (Å²) >= 11 is 0. The number of hydrogen-bond acceptors (Lipinski definition) is 2. The van der Waals surface area contributed by atoms with Gasteiger partial charge in [0, 0.05) is 56.2 Å². The molecule has 4 aromatic carbocycles. The van der Waals surface area contributed by atoms with Crippen LogP contribution in [-0.4, -0.2) is 14.1 Å². The van der Waals surface area contributed by atoms with E-state index in [1.165, 1.54) is 16.7 Å². The van der Waals surface area contributed by atoms with Gasteiger partial charge >= 0.3 is 0 Å². The molecule has 228 valence electrons. The number of imidazole rings is 1. The van der Waals surface area contributed by atoms with Crippen LogP contribution < -0.4 is 9.30 Å². The summed E-state index contributed by atoms with van der Waals surface area (Å²) in [5.74, 6) is 2.08. The third-order valence-corrected chi connectivity index (χ3v) is 8.11. The summed E-state index contributed by atoms with van der Waals surface area (Å²) < 4.78 is 12.6. The summed E-state index contributed by atoms with van der Waals surface area (Å²) in [7, 11) is 0. The average molecular weight is 770 g/mol. The molecule has 45 heavy (non-hydrogen) atoms. The van der Waals surface area contributed by atoms with Crippen LogP contribution in [-0.2, 0) is 26.5 Å². The van der Waals surface area contributed by atoms with Gasteiger partial charge in [-0.15, -0.1) is 29.7 Å². The van der Waals surface area contributed by atoms with Gasteiger partial charge in [0.15, 0.2) is 0 Å². The summed E-state index contributed by atoms with van der Waals surface area (Å²) in [4.78, 5) is 4.78. The molecular weight excluding hydrogens is 736 g/mol. The minimum atomic E-state index is 0. The van der Waals surface area contributed by atoms with Crippen LogP contribution in [0, 0.1) is 39.2 Å². The number of rotatable bonds is 5. The maximum Gasteiger partial charge on any atom is 0.267 e. The van der Waals surface area contributed by atoms with Crippen molar-refractivity contribution < 1.29 is 30.4 Å². The van der Waals surface area contributed by atoms with Crippen LogP contribution >= 0.6 is 0 Å². The van der Waals surface area contributed by atoms with Gasteiger partial charge < -0.3 is 13.9 Å². The van der Waals surface area contributed by atoms with Crippen molar-refractivity contribution in [2.45, 2.75) is 47.0 Å². The number of ether oxygens (including phenoxy) is 1. The van der Waals surface area contributed by atoms with Gasteiger partial charge in [-0.3, -0.25) is 4.57 Å². The quantitative estimate of drug-likeness (QED) is 0.130. The smallest absolute Gasteiger partial charge is 0.267 e. The fraction of sp³-hybridized carbons (Fsp3) is 0.179. The molecule has 7 aromatic rings. The van der Waals surface area contributed by atoms with Crippen LogP contribution in [0.25, 0.3) is 39.0 Å². The Hall–Kier alpha value is -4.47. The molecule has 0 unspecified atom stereocenters. The van der Waals surface area contributed by atoms with Crippen LogP contribution in [0.15, 0.2) is 97.3 Å². The molecule has 0 bridgehead atoms. The van der Waals surface area contributed by atoms with Crippen molar-refractivity contribution in [2.24, 2.45) is 0 Å². The van der Waals surface area contributed by atoms with Gasteiger partial charge in [-0.2, -0.15) is 18.2 Å².